The molecule has 0 atom stereocenters. The molecule has 0 bridgehead atoms. The molecular weight excluding hydrogens is 220 g/mol. The number of hydrogen-bond donors (Lipinski definition) is 1. The summed E-state index contributed by atoms with van der Waals surface area (Å²) in [6.45, 7) is 2.09. The first-order chi connectivity index (χ1) is 7.72. The van der Waals surface area contributed by atoms with Gasteiger partial charge in [0.1, 0.15) is 5.69 Å². The number of rotatable bonds is 3. The van der Waals surface area contributed by atoms with Crippen molar-refractivity contribution in [3.05, 3.63) is 35.3 Å². The molecule has 1 aromatic heterocycles. The number of ether oxygens (including phenoxy) is 1. The van der Waals surface area contributed by atoms with Crippen LogP contribution in [0.4, 0.5) is 10.8 Å². The van der Waals surface area contributed by atoms with Gasteiger partial charge in [0, 0.05) is 5.38 Å². The highest BCUT2D eigenvalue weighted by Gasteiger charge is 2.14. The van der Waals surface area contributed by atoms with Crippen LogP contribution in [-0.2, 0) is 7.05 Å². The standard InChI is InChI=1S/C12H14N2OS/c1-9-8-16-12(14(9)2)13-10-6-4-5-7-11(10)15-3/h4-8H,1-3H3/p+1. The third-order valence-corrected chi connectivity index (χ3v) is 3.58. The third-order valence-electron chi connectivity index (χ3n) is 2.52. The summed E-state index contributed by atoms with van der Waals surface area (Å²) in [5, 5.41) is 6.59. The van der Waals surface area contributed by atoms with E-state index < -0.39 is 0 Å². The second-order valence-corrected chi connectivity index (χ2v) is 4.42. The SMILES string of the molecule is COc1ccccc1Nc1scc(C)[n+]1C. The van der Waals surface area contributed by atoms with Gasteiger partial charge in [0.2, 0.25) is 0 Å². The second-order valence-electron chi connectivity index (χ2n) is 3.57. The van der Waals surface area contributed by atoms with Crippen molar-refractivity contribution in [2.24, 2.45) is 7.05 Å². The first kappa shape index (κ1) is 11.0. The molecule has 0 aliphatic heterocycles. The average Bonchev–Trinajstić information content (AvgIpc) is 2.62. The molecule has 0 spiro atoms. The Bertz CT molecular complexity index is 494. The molecular formula is C12H15N2OS+. The first-order valence-electron chi connectivity index (χ1n) is 5.06. The molecule has 3 nitrogen and oxygen atoms in total. The number of benzene rings is 1. The first-order valence-corrected chi connectivity index (χ1v) is 5.94. The predicted octanol–water partition coefficient (Wildman–Crippen LogP) is 2.63. The zero-order chi connectivity index (χ0) is 11.5. The highest BCUT2D eigenvalue weighted by molar-refractivity contribution is 7.13. The molecule has 16 heavy (non-hydrogen) atoms. The lowest BCUT2D eigenvalue weighted by Gasteiger charge is -2.04. The Labute approximate surface area is 99.3 Å². The molecule has 0 unspecified atom stereocenters. The molecule has 2 aromatic rings. The minimum atomic E-state index is 0.855. The third kappa shape index (κ3) is 2.02. The second kappa shape index (κ2) is 4.53. The van der Waals surface area contributed by atoms with Crippen LogP contribution in [-0.4, -0.2) is 7.11 Å². The van der Waals surface area contributed by atoms with Crippen LogP contribution in [0.1, 0.15) is 5.69 Å². The molecule has 2 rings (SSSR count). The summed E-state index contributed by atoms with van der Waals surface area (Å²) in [7, 11) is 3.73. The topological polar surface area (TPSA) is 25.1 Å². The van der Waals surface area contributed by atoms with Crippen molar-refractivity contribution in [2.45, 2.75) is 6.92 Å². The van der Waals surface area contributed by atoms with Gasteiger partial charge in [0.05, 0.1) is 14.2 Å². The molecule has 0 amide bonds. The lowest BCUT2D eigenvalue weighted by molar-refractivity contribution is -0.658. The lowest BCUT2D eigenvalue weighted by Crippen LogP contribution is -2.31. The largest absolute Gasteiger partial charge is 0.492 e. The van der Waals surface area contributed by atoms with Crippen molar-refractivity contribution in [3.8, 4) is 5.75 Å². The summed E-state index contributed by atoms with van der Waals surface area (Å²) in [5.74, 6) is 0.855. The summed E-state index contributed by atoms with van der Waals surface area (Å²) in [6, 6.07) is 7.91. The van der Waals surface area contributed by atoms with Gasteiger partial charge in [-0.05, 0) is 19.1 Å². The molecule has 1 aromatic carbocycles. The van der Waals surface area contributed by atoms with Gasteiger partial charge in [-0.1, -0.05) is 23.5 Å². The molecule has 0 aliphatic carbocycles. The molecule has 0 saturated heterocycles. The van der Waals surface area contributed by atoms with Gasteiger partial charge in [0.15, 0.2) is 11.4 Å². The molecule has 1 heterocycles. The number of nitrogens with zero attached hydrogens (tertiary/aromatic N) is 1. The molecule has 0 radical (unpaired) electrons. The van der Waals surface area contributed by atoms with Gasteiger partial charge in [-0.2, -0.15) is 0 Å². The fourth-order valence-corrected chi connectivity index (χ4v) is 2.35. The number of methoxy groups -OCH3 is 1. The number of hydrogen-bond acceptors (Lipinski definition) is 3. The molecule has 0 fully saturated rings. The van der Waals surface area contributed by atoms with E-state index in [2.05, 4.69) is 22.2 Å². The van der Waals surface area contributed by atoms with E-state index in [-0.39, 0.29) is 0 Å². The fraction of sp³-hybridized carbons (Fsp3) is 0.250. The van der Waals surface area contributed by atoms with Gasteiger partial charge in [-0.3, -0.25) is 0 Å². The van der Waals surface area contributed by atoms with Crippen molar-refractivity contribution >= 4 is 22.2 Å². The summed E-state index contributed by atoms with van der Waals surface area (Å²) >= 11 is 1.69. The Morgan fingerprint density at radius 2 is 2.06 bits per heavy atom. The van der Waals surface area contributed by atoms with Crippen LogP contribution in [0.25, 0.3) is 0 Å². The number of aryl methyl sites for hydroxylation is 1. The van der Waals surface area contributed by atoms with E-state index >= 15 is 0 Å². The molecule has 0 saturated carbocycles. The Morgan fingerprint density at radius 1 is 1.31 bits per heavy atom. The number of nitrogens with one attached hydrogen (secondary N) is 1. The van der Waals surface area contributed by atoms with Crippen molar-refractivity contribution in [3.63, 3.8) is 0 Å². The number of thiazole rings is 1. The minimum absolute atomic E-state index is 0.855. The summed E-state index contributed by atoms with van der Waals surface area (Å²) in [6.07, 6.45) is 0. The highest BCUT2D eigenvalue weighted by Crippen LogP contribution is 2.27. The average molecular weight is 235 g/mol. The van der Waals surface area contributed by atoms with Crippen molar-refractivity contribution < 1.29 is 9.30 Å². The zero-order valence-electron chi connectivity index (χ0n) is 9.65. The maximum Gasteiger partial charge on any atom is 0.338 e. The van der Waals surface area contributed by atoms with Crippen molar-refractivity contribution in [2.75, 3.05) is 12.4 Å². The van der Waals surface area contributed by atoms with Gasteiger partial charge in [0.25, 0.3) is 0 Å². The monoisotopic (exact) mass is 235 g/mol. The van der Waals surface area contributed by atoms with Crippen molar-refractivity contribution in [1.29, 1.82) is 0 Å². The molecule has 0 aliphatic rings. The molecule has 84 valence electrons. The van der Waals surface area contributed by atoms with E-state index in [1.165, 1.54) is 5.69 Å². The summed E-state index contributed by atoms with van der Waals surface area (Å²) in [4.78, 5) is 0. The van der Waals surface area contributed by atoms with Crippen LogP contribution >= 0.6 is 11.3 Å². The van der Waals surface area contributed by atoms with Crippen LogP contribution in [0, 0.1) is 6.92 Å². The van der Waals surface area contributed by atoms with Crippen LogP contribution < -0.4 is 14.6 Å². The highest BCUT2D eigenvalue weighted by atomic mass is 32.1. The summed E-state index contributed by atoms with van der Waals surface area (Å²) < 4.78 is 7.42. The van der Waals surface area contributed by atoms with E-state index in [0.29, 0.717) is 0 Å². The van der Waals surface area contributed by atoms with Gasteiger partial charge in [-0.15, -0.1) is 0 Å². The van der Waals surface area contributed by atoms with Crippen LogP contribution in [0.15, 0.2) is 29.6 Å². The van der Waals surface area contributed by atoms with E-state index in [0.717, 1.165) is 16.6 Å². The van der Waals surface area contributed by atoms with E-state index in [4.69, 9.17) is 4.74 Å². The Hall–Kier alpha value is -1.55. The number of anilines is 2. The fourth-order valence-electron chi connectivity index (χ4n) is 1.44. The van der Waals surface area contributed by atoms with E-state index in [1.54, 1.807) is 18.4 Å². The van der Waals surface area contributed by atoms with Gasteiger partial charge >= 0.3 is 5.13 Å². The Kier molecular flexibility index (Phi) is 3.10. The Balaban J connectivity index is 2.30. The van der Waals surface area contributed by atoms with Crippen LogP contribution in [0.3, 0.4) is 0 Å². The van der Waals surface area contributed by atoms with E-state index in [1.807, 2.05) is 31.3 Å². The van der Waals surface area contributed by atoms with Crippen LogP contribution in [0.2, 0.25) is 0 Å². The van der Waals surface area contributed by atoms with E-state index in [9.17, 15) is 0 Å². The minimum Gasteiger partial charge on any atom is -0.492 e. The maximum atomic E-state index is 5.30. The quantitative estimate of drug-likeness (QED) is 0.827. The lowest BCUT2D eigenvalue weighted by atomic mass is 10.3. The summed E-state index contributed by atoms with van der Waals surface area (Å²) in [5.41, 5.74) is 2.23. The number of para-hydroxylation sites is 2. The smallest absolute Gasteiger partial charge is 0.338 e. The normalized spacial score (nSPS) is 10.2. The maximum absolute atomic E-state index is 5.30. The van der Waals surface area contributed by atoms with Gasteiger partial charge in [-0.25, -0.2) is 9.88 Å². The number of aromatic nitrogens is 1. The van der Waals surface area contributed by atoms with Crippen LogP contribution in [0.5, 0.6) is 5.75 Å². The Morgan fingerprint density at radius 3 is 2.69 bits per heavy atom. The van der Waals surface area contributed by atoms with Gasteiger partial charge < -0.3 is 4.74 Å². The molecule has 1 N–H and O–H groups in total. The zero-order valence-corrected chi connectivity index (χ0v) is 10.5. The predicted molar refractivity (Wildman–Crippen MR) is 66.5 cm³/mol. The molecule has 4 heteroatoms. The van der Waals surface area contributed by atoms with Crippen molar-refractivity contribution in [1.82, 2.24) is 0 Å².